The Morgan fingerprint density at radius 1 is 1.50 bits per heavy atom. The Bertz CT molecular complexity index is 150. The predicted molar refractivity (Wildman–Crippen MR) is 52.3 cm³/mol. The summed E-state index contributed by atoms with van der Waals surface area (Å²) in [5.74, 6) is 0. The Labute approximate surface area is 96.8 Å². The summed E-state index contributed by atoms with van der Waals surface area (Å²) in [7, 11) is 0. The van der Waals surface area contributed by atoms with Gasteiger partial charge in [-0.05, 0) is 24.4 Å². The summed E-state index contributed by atoms with van der Waals surface area (Å²) in [6, 6.07) is 0. The summed E-state index contributed by atoms with van der Waals surface area (Å²) >= 11 is 8.24. The molecule has 0 heterocycles. The first kappa shape index (κ1) is 17.8. The van der Waals surface area contributed by atoms with Gasteiger partial charge in [-0.25, -0.2) is 0 Å². The van der Waals surface area contributed by atoms with Crippen molar-refractivity contribution >= 4 is 34.8 Å². The van der Waals surface area contributed by atoms with E-state index < -0.39 is 5.17 Å². The molecule has 0 aliphatic carbocycles. The molecule has 0 atom stereocenters. The standard InChI is InChI=1S/C4H7NOS.CH3NOS.Ti/c1-2-3-6-4(5)7;2-1(3)4;/h2H,1,3H2,(H2,5,7);(H3,2,3,4);. The summed E-state index contributed by atoms with van der Waals surface area (Å²) in [5, 5.41) is 7.13. The summed E-state index contributed by atoms with van der Waals surface area (Å²) in [6.07, 6.45) is 1.58. The molecule has 0 fully saturated rings. The maximum atomic E-state index is 7.56. The first-order valence-electron chi connectivity index (χ1n) is 2.52. The predicted octanol–water partition coefficient (Wildman–Crippen LogP) is 0.218. The molecule has 0 unspecified atom stereocenters. The van der Waals surface area contributed by atoms with Gasteiger partial charge in [-0.2, -0.15) is 0 Å². The minimum atomic E-state index is -0.500. The van der Waals surface area contributed by atoms with Crippen molar-refractivity contribution in [2.45, 2.75) is 0 Å². The van der Waals surface area contributed by atoms with Crippen LogP contribution < -0.4 is 11.5 Å². The number of hydrogen-bond acceptors (Lipinski definition) is 3. The molecule has 0 aliphatic heterocycles. The van der Waals surface area contributed by atoms with E-state index in [0.29, 0.717) is 6.61 Å². The molecule has 0 radical (unpaired) electrons. The number of rotatable bonds is 2. The van der Waals surface area contributed by atoms with E-state index in [2.05, 4.69) is 41.5 Å². The van der Waals surface area contributed by atoms with Gasteiger partial charge in [-0.3, -0.25) is 0 Å². The summed E-state index contributed by atoms with van der Waals surface area (Å²) < 4.78 is 4.58. The van der Waals surface area contributed by atoms with Crippen molar-refractivity contribution in [3.05, 3.63) is 12.7 Å². The van der Waals surface area contributed by atoms with Crippen LogP contribution in [0.5, 0.6) is 0 Å². The molecule has 7 heteroatoms. The molecule has 0 aromatic carbocycles. The van der Waals surface area contributed by atoms with Crippen molar-refractivity contribution in [1.82, 2.24) is 0 Å². The molecule has 12 heavy (non-hydrogen) atoms. The molecule has 4 nitrogen and oxygen atoms in total. The van der Waals surface area contributed by atoms with Gasteiger partial charge in [0.15, 0.2) is 0 Å². The van der Waals surface area contributed by atoms with Crippen molar-refractivity contribution in [3.8, 4) is 0 Å². The third-order valence-corrected chi connectivity index (χ3v) is 0.461. The van der Waals surface area contributed by atoms with E-state index in [1.807, 2.05) is 0 Å². The minimum absolute atomic E-state index is 0. The van der Waals surface area contributed by atoms with Gasteiger partial charge in [-0.1, -0.05) is 12.7 Å². The van der Waals surface area contributed by atoms with Gasteiger partial charge in [-0.15, -0.1) is 0 Å². The van der Waals surface area contributed by atoms with Crippen LogP contribution in [-0.4, -0.2) is 22.1 Å². The zero-order valence-electron chi connectivity index (χ0n) is 6.32. The molecule has 0 aromatic rings. The number of aliphatic hydroxyl groups is 1. The quantitative estimate of drug-likeness (QED) is 0.365. The first-order valence-corrected chi connectivity index (χ1v) is 3.33. The number of nitrogens with two attached hydrogens (primary N) is 2. The smallest absolute Gasteiger partial charge is 0.254 e. The SMILES string of the molecule is C=CCOC(N)=S.NC(O)=S.[Ti]. The van der Waals surface area contributed by atoms with E-state index in [1.165, 1.54) is 0 Å². The van der Waals surface area contributed by atoms with Crippen LogP contribution in [0.2, 0.25) is 0 Å². The van der Waals surface area contributed by atoms with E-state index in [4.69, 9.17) is 10.8 Å². The van der Waals surface area contributed by atoms with E-state index >= 15 is 0 Å². The molecule has 0 saturated carbocycles. The molecule has 0 spiro atoms. The Kier molecular flexibility index (Phi) is 19.9. The third-order valence-electron chi connectivity index (χ3n) is 0.343. The molecular weight excluding hydrogens is 232 g/mol. The maximum absolute atomic E-state index is 7.56. The Morgan fingerprint density at radius 3 is 1.92 bits per heavy atom. The first-order chi connectivity index (χ1) is 5.00. The van der Waals surface area contributed by atoms with Gasteiger partial charge in [0.2, 0.25) is 0 Å². The van der Waals surface area contributed by atoms with E-state index in [-0.39, 0.29) is 26.9 Å². The van der Waals surface area contributed by atoms with Gasteiger partial charge in [0, 0.05) is 21.7 Å². The van der Waals surface area contributed by atoms with Crippen molar-refractivity contribution < 1.29 is 31.6 Å². The molecule has 0 aliphatic rings. The van der Waals surface area contributed by atoms with Crippen molar-refractivity contribution in [2.24, 2.45) is 11.5 Å². The molecular formula is C5H10N2O2S2Ti. The fourth-order valence-electron chi connectivity index (χ4n) is 0.141. The molecule has 68 valence electrons. The van der Waals surface area contributed by atoms with Crippen LogP contribution in [0.1, 0.15) is 0 Å². The van der Waals surface area contributed by atoms with Crippen LogP contribution >= 0.6 is 24.4 Å². The second kappa shape index (κ2) is 13.4. The van der Waals surface area contributed by atoms with Crippen LogP contribution in [0.15, 0.2) is 12.7 Å². The molecule has 0 bridgehead atoms. The molecule has 0 amide bonds. The zero-order valence-corrected chi connectivity index (χ0v) is 9.51. The van der Waals surface area contributed by atoms with E-state index in [1.54, 1.807) is 6.08 Å². The van der Waals surface area contributed by atoms with Crippen LogP contribution in [0.25, 0.3) is 0 Å². The van der Waals surface area contributed by atoms with Crippen molar-refractivity contribution in [1.29, 1.82) is 0 Å². The molecule has 0 rings (SSSR count). The van der Waals surface area contributed by atoms with Gasteiger partial charge in [0.1, 0.15) is 6.61 Å². The fraction of sp³-hybridized carbons (Fsp3) is 0.200. The zero-order chi connectivity index (χ0) is 9.28. The normalized spacial score (nSPS) is 6.33. The van der Waals surface area contributed by atoms with Gasteiger partial charge in [0.05, 0.1) is 0 Å². The molecule has 0 aromatic heterocycles. The largest absolute Gasteiger partial charge is 0.487 e. The number of ether oxygens (including phenoxy) is 1. The van der Waals surface area contributed by atoms with Crippen molar-refractivity contribution in [2.75, 3.05) is 6.61 Å². The van der Waals surface area contributed by atoms with Crippen LogP contribution in [0.4, 0.5) is 0 Å². The maximum Gasteiger partial charge on any atom is 0.254 e. The summed E-state index contributed by atoms with van der Waals surface area (Å²) in [4.78, 5) is 0. The Morgan fingerprint density at radius 2 is 1.83 bits per heavy atom. The topological polar surface area (TPSA) is 81.5 Å². The Balaban J connectivity index is -0.000000142. The summed E-state index contributed by atoms with van der Waals surface area (Å²) in [6.45, 7) is 3.79. The average Bonchev–Trinajstić information content (AvgIpc) is 1.82. The Hall–Kier alpha value is -0.166. The number of hydrogen-bond donors (Lipinski definition) is 3. The average molecular weight is 242 g/mol. The van der Waals surface area contributed by atoms with E-state index in [0.717, 1.165) is 0 Å². The fourth-order valence-corrected chi connectivity index (χ4v) is 0.209. The second-order valence-corrected chi connectivity index (χ2v) is 2.08. The third kappa shape index (κ3) is 52.2. The van der Waals surface area contributed by atoms with E-state index in [9.17, 15) is 0 Å². The van der Waals surface area contributed by atoms with Gasteiger partial charge >= 0.3 is 0 Å². The van der Waals surface area contributed by atoms with Crippen molar-refractivity contribution in [3.63, 3.8) is 0 Å². The van der Waals surface area contributed by atoms with Crippen LogP contribution in [0.3, 0.4) is 0 Å². The second-order valence-electron chi connectivity index (χ2n) is 1.26. The molecule has 5 N–H and O–H groups in total. The van der Waals surface area contributed by atoms with Gasteiger partial charge in [0.25, 0.3) is 10.3 Å². The minimum Gasteiger partial charge on any atom is -0.487 e. The van der Waals surface area contributed by atoms with Crippen LogP contribution in [0, 0.1) is 0 Å². The molecule has 0 saturated heterocycles. The number of aliphatic hydroxyl groups excluding tert-OH is 1. The monoisotopic (exact) mass is 242 g/mol. The van der Waals surface area contributed by atoms with Gasteiger partial charge < -0.3 is 21.3 Å². The summed E-state index contributed by atoms with van der Waals surface area (Å²) in [5.41, 5.74) is 9.34. The number of thiocarbonyl (C=S) groups is 2. The van der Waals surface area contributed by atoms with Crippen LogP contribution in [-0.2, 0) is 26.5 Å².